The van der Waals surface area contributed by atoms with Crippen LogP contribution in [0.4, 0.5) is 0 Å². The van der Waals surface area contributed by atoms with E-state index in [1.54, 1.807) is 0 Å². The molecule has 0 heterocycles. The molecule has 0 saturated heterocycles. The zero-order valence-corrected chi connectivity index (χ0v) is 14.2. The molecule has 2 aliphatic carbocycles. The zero-order chi connectivity index (χ0) is 14.8. The maximum Gasteiger partial charge on any atom is 0.0135 e. The van der Waals surface area contributed by atoms with E-state index in [0.29, 0.717) is 5.41 Å². The first-order chi connectivity index (χ1) is 9.43. The minimum atomic E-state index is 0.494. The lowest BCUT2D eigenvalue weighted by molar-refractivity contribution is 0.0490. The van der Waals surface area contributed by atoms with Gasteiger partial charge in [0.25, 0.3) is 0 Å². The molecule has 2 atom stereocenters. The van der Waals surface area contributed by atoms with Gasteiger partial charge in [0, 0.05) is 12.1 Å². The van der Waals surface area contributed by atoms with Crippen molar-refractivity contribution in [3.05, 3.63) is 0 Å². The van der Waals surface area contributed by atoms with Crippen molar-refractivity contribution in [1.82, 2.24) is 4.90 Å². The van der Waals surface area contributed by atoms with Gasteiger partial charge in [-0.1, -0.05) is 33.6 Å². The molecule has 2 rings (SSSR count). The Labute approximate surface area is 126 Å². The van der Waals surface area contributed by atoms with Gasteiger partial charge < -0.3 is 10.6 Å². The number of hydrogen-bond donors (Lipinski definition) is 1. The van der Waals surface area contributed by atoms with Gasteiger partial charge in [-0.25, -0.2) is 0 Å². The van der Waals surface area contributed by atoms with E-state index < -0.39 is 0 Å². The standard InChI is InChI=1S/C18H36N2/c1-18(2,3)15-9-11-16(12-10-15)20(4)17-8-6-5-7-14(17)13-19/h14-17H,5-13,19H2,1-4H3. The number of hydrogen-bond acceptors (Lipinski definition) is 2. The Morgan fingerprint density at radius 2 is 1.55 bits per heavy atom. The third kappa shape index (κ3) is 3.76. The molecule has 2 nitrogen and oxygen atoms in total. The van der Waals surface area contributed by atoms with Crippen LogP contribution in [0.3, 0.4) is 0 Å². The quantitative estimate of drug-likeness (QED) is 0.845. The second kappa shape index (κ2) is 6.79. The van der Waals surface area contributed by atoms with Gasteiger partial charge in [0.05, 0.1) is 0 Å². The van der Waals surface area contributed by atoms with Gasteiger partial charge in [-0.3, -0.25) is 0 Å². The lowest BCUT2D eigenvalue weighted by Crippen LogP contribution is -2.49. The third-order valence-electron chi connectivity index (χ3n) is 6.19. The van der Waals surface area contributed by atoms with Crippen molar-refractivity contribution < 1.29 is 0 Å². The molecule has 0 aromatic rings. The van der Waals surface area contributed by atoms with Crippen LogP contribution >= 0.6 is 0 Å². The zero-order valence-electron chi connectivity index (χ0n) is 14.2. The second-order valence-corrected chi connectivity index (χ2v) is 8.38. The monoisotopic (exact) mass is 280 g/mol. The van der Waals surface area contributed by atoms with Crippen molar-refractivity contribution in [1.29, 1.82) is 0 Å². The molecule has 2 N–H and O–H groups in total. The summed E-state index contributed by atoms with van der Waals surface area (Å²) >= 11 is 0. The average molecular weight is 280 g/mol. The van der Waals surface area contributed by atoms with Crippen LogP contribution in [0.2, 0.25) is 0 Å². The van der Waals surface area contributed by atoms with Crippen molar-refractivity contribution >= 4 is 0 Å². The molecule has 2 heteroatoms. The SMILES string of the molecule is CN(C1CCC(C(C)(C)C)CC1)C1CCCCC1CN. The summed E-state index contributed by atoms with van der Waals surface area (Å²) in [6, 6.07) is 1.57. The Kier molecular flexibility index (Phi) is 5.53. The van der Waals surface area contributed by atoms with Crippen LogP contribution in [-0.2, 0) is 0 Å². The van der Waals surface area contributed by atoms with E-state index >= 15 is 0 Å². The first-order valence-electron chi connectivity index (χ1n) is 8.85. The Balaban J connectivity index is 1.89. The van der Waals surface area contributed by atoms with Gasteiger partial charge in [-0.05, 0) is 69.4 Å². The van der Waals surface area contributed by atoms with E-state index in [4.69, 9.17) is 5.73 Å². The summed E-state index contributed by atoms with van der Waals surface area (Å²) < 4.78 is 0. The summed E-state index contributed by atoms with van der Waals surface area (Å²) in [5, 5.41) is 0. The molecule has 0 bridgehead atoms. The Morgan fingerprint density at radius 3 is 2.10 bits per heavy atom. The summed E-state index contributed by atoms with van der Waals surface area (Å²) in [5.41, 5.74) is 6.51. The molecule has 0 radical (unpaired) electrons. The minimum absolute atomic E-state index is 0.494. The first-order valence-corrected chi connectivity index (χ1v) is 8.85. The van der Waals surface area contributed by atoms with Crippen molar-refractivity contribution in [2.75, 3.05) is 13.6 Å². The molecule has 0 aliphatic heterocycles. The molecular weight excluding hydrogens is 244 g/mol. The highest BCUT2D eigenvalue weighted by molar-refractivity contribution is 4.89. The molecule has 2 aliphatic rings. The number of nitrogens with zero attached hydrogens (tertiary/aromatic N) is 1. The summed E-state index contributed by atoms with van der Waals surface area (Å²) in [6.45, 7) is 8.11. The summed E-state index contributed by atoms with van der Waals surface area (Å²) in [7, 11) is 2.38. The molecule has 20 heavy (non-hydrogen) atoms. The van der Waals surface area contributed by atoms with Crippen LogP contribution in [0.15, 0.2) is 0 Å². The fourth-order valence-corrected chi connectivity index (χ4v) is 4.62. The topological polar surface area (TPSA) is 29.3 Å². The third-order valence-corrected chi connectivity index (χ3v) is 6.19. The maximum absolute atomic E-state index is 6.01. The van der Waals surface area contributed by atoms with Crippen LogP contribution in [0.25, 0.3) is 0 Å². The predicted molar refractivity (Wildman–Crippen MR) is 87.8 cm³/mol. The van der Waals surface area contributed by atoms with Gasteiger partial charge in [0.15, 0.2) is 0 Å². The number of rotatable bonds is 3. The maximum atomic E-state index is 6.01. The highest BCUT2D eigenvalue weighted by Crippen LogP contribution is 2.40. The van der Waals surface area contributed by atoms with E-state index in [-0.39, 0.29) is 0 Å². The molecule has 2 saturated carbocycles. The molecule has 0 aromatic carbocycles. The van der Waals surface area contributed by atoms with Crippen LogP contribution in [-0.4, -0.2) is 30.6 Å². The molecule has 118 valence electrons. The highest BCUT2D eigenvalue weighted by atomic mass is 15.2. The van der Waals surface area contributed by atoms with E-state index in [0.717, 1.165) is 30.5 Å². The van der Waals surface area contributed by atoms with Gasteiger partial charge in [0.1, 0.15) is 0 Å². The lowest BCUT2D eigenvalue weighted by atomic mass is 9.70. The van der Waals surface area contributed by atoms with Gasteiger partial charge >= 0.3 is 0 Å². The second-order valence-electron chi connectivity index (χ2n) is 8.38. The van der Waals surface area contributed by atoms with E-state index in [1.807, 2.05) is 0 Å². The predicted octanol–water partition coefficient (Wildman–Crippen LogP) is 4.04. The fraction of sp³-hybridized carbons (Fsp3) is 1.00. The fourth-order valence-electron chi connectivity index (χ4n) is 4.62. The van der Waals surface area contributed by atoms with E-state index in [1.165, 1.54) is 51.4 Å². The van der Waals surface area contributed by atoms with Crippen LogP contribution in [0.5, 0.6) is 0 Å². The lowest BCUT2D eigenvalue weighted by Gasteiger charge is -2.45. The smallest absolute Gasteiger partial charge is 0.0135 e. The molecule has 2 unspecified atom stereocenters. The summed E-state index contributed by atoms with van der Waals surface area (Å²) in [4.78, 5) is 2.72. The first kappa shape index (κ1) is 16.3. The van der Waals surface area contributed by atoms with Crippen molar-refractivity contribution in [2.45, 2.75) is 84.2 Å². The van der Waals surface area contributed by atoms with E-state index in [2.05, 4.69) is 32.7 Å². The summed E-state index contributed by atoms with van der Waals surface area (Å²) in [6.07, 6.45) is 11.1. The molecule has 0 aromatic heterocycles. The highest BCUT2D eigenvalue weighted by Gasteiger charge is 2.35. The van der Waals surface area contributed by atoms with Crippen molar-refractivity contribution in [2.24, 2.45) is 23.0 Å². The average Bonchev–Trinajstić information content (AvgIpc) is 2.45. The molecule has 2 fully saturated rings. The number of nitrogens with two attached hydrogens (primary N) is 1. The van der Waals surface area contributed by atoms with Crippen LogP contribution in [0.1, 0.15) is 72.1 Å². The van der Waals surface area contributed by atoms with Crippen LogP contribution < -0.4 is 5.73 Å². The Hall–Kier alpha value is -0.0800. The molecular formula is C18H36N2. The summed E-state index contributed by atoms with van der Waals surface area (Å²) in [5.74, 6) is 1.66. The van der Waals surface area contributed by atoms with Gasteiger partial charge in [0.2, 0.25) is 0 Å². The van der Waals surface area contributed by atoms with Crippen LogP contribution in [0, 0.1) is 17.3 Å². The minimum Gasteiger partial charge on any atom is -0.330 e. The normalized spacial score (nSPS) is 36.3. The van der Waals surface area contributed by atoms with Gasteiger partial charge in [-0.2, -0.15) is 0 Å². The Morgan fingerprint density at radius 1 is 0.950 bits per heavy atom. The molecule has 0 amide bonds. The van der Waals surface area contributed by atoms with Crippen molar-refractivity contribution in [3.8, 4) is 0 Å². The molecule has 0 spiro atoms. The van der Waals surface area contributed by atoms with E-state index in [9.17, 15) is 0 Å². The van der Waals surface area contributed by atoms with Crippen molar-refractivity contribution in [3.63, 3.8) is 0 Å². The Bertz CT molecular complexity index is 286. The van der Waals surface area contributed by atoms with Gasteiger partial charge in [-0.15, -0.1) is 0 Å². The largest absolute Gasteiger partial charge is 0.330 e.